The number of halogens is 5. The van der Waals surface area contributed by atoms with E-state index in [0.29, 0.717) is 22.5 Å². The molecule has 5 nitrogen and oxygen atoms in total. The van der Waals surface area contributed by atoms with Gasteiger partial charge in [0.1, 0.15) is 5.75 Å². The van der Waals surface area contributed by atoms with Crippen LogP contribution in [0.15, 0.2) is 17.1 Å². The molecule has 0 aliphatic carbocycles. The first-order chi connectivity index (χ1) is 12.9. The monoisotopic (exact) mass is 550 g/mol. The molecule has 28 heavy (non-hydrogen) atoms. The van der Waals surface area contributed by atoms with Gasteiger partial charge >= 0.3 is 6.61 Å². The molecule has 1 heterocycles. The SMILES string of the molecule is CN=C(NCCC1CCN(C)CC1)NCc1cc(Cl)cc(Cl)c1OC(F)F.I. The molecule has 1 aromatic rings. The molecule has 2 rings (SSSR count). The van der Waals surface area contributed by atoms with Crippen molar-refractivity contribution in [2.75, 3.05) is 33.7 Å². The second-order valence-electron chi connectivity index (χ2n) is 6.64. The Morgan fingerprint density at radius 3 is 2.57 bits per heavy atom. The predicted octanol–water partition coefficient (Wildman–Crippen LogP) is 4.61. The van der Waals surface area contributed by atoms with Crippen molar-refractivity contribution in [2.45, 2.75) is 32.4 Å². The van der Waals surface area contributed by atoms with Crippen molar-refractivity contribution >= 4 is 53.1 Å². The van der Waals surface area contributed by atoms with E-state index >= 15 is 0 Å². The number of nitrogens with zero attached hydrogens (tertiary/aromatic N) is 2. The fraction of sp³-hybridized carbons (Fsp3) is 0.611. The number of hydrogen-bond acceptors (Lipinski definition) is 3. The fourth-order valence-corrected chi connectivity index (χ4v) is 3.69. The van der Waals surface area contributed by atoms with E-state index in [1.165, 1.54) is 18.9 Å². The molecule has 1 fully saturated rings. The zero-order chi connectivity index (χ0) is 19.8. The maximum atomic E-state index is 12.6. The van der Waals surface area contributed by atoms with Crippen LogP contribution in [0.25, 0.3) is 0 Å². The molecule has 2 N–H and O–H groups in total. The maximum absolute atomic E-state index is 12.6. The van der Waals surface area contributed by atoms with Crippen LogP contribution in [0.3, 0.4) is 0 Å². The second-order valence-corrected chi connectivity index (χ2v) is 7.49. The number of aliphatic imine (C=N–C) groups is 1. The first kappa shape index (κ1) is 25.5. The van der Waals surface area contributed by atoms with Gasteiger partial charge in [0.2, 0.25) is 0 Å². The van der Waals surface area contributed by atoms with E-state index in [9.17, 15) is 8.78 Å². The normalized spacial score (nSPS) is 16.0. The van der Waals surface area contributed by atoms with E-state index < -0.39 is 6.61 Å². The van der Waals surface area contributed by atoms with Crippen molar-refractivity contribution in [3.05, 3.63) is 27.7 Å². The van der Waals surface area contributed by atoms with E-state index in [-0.39, 0.29) is 41.3 Å². The Kier molecular flexibility index (Phi) is 11.7. The van der Waals surface area contributed by atoms with Crippen LogP contribution in [0.4, 0.5) is 8.78 Å². The quantitative estimate of drug-likeness (QED) is 0.296. The average Bonchev–Trinajstić information content (AvgIpc) is 2.62. The van der Waals surface area contributed by atoms with Crippen molar-refractivity contribution in [1.82, 2.24) is 15.5 Å². The highest BCUT2D eigenvalue weighted by Gasteiger charge is 2.17. The molecular weight excluding hydrogens is 524 g/mol. The minimum absolute atomic E-state index is 0. The third-order valence-electron chi connectivity index (χ3n) is 4.65. The lowest BCUT2D eigenvalue weighted by Crippen LogP contribution is -2.38. The third-order valence-corrected chi connectivity index (χ3v) is 5.14. The van der Waals surface area contributed by atoms with E-state index in [2.05, 4.69) is 32.3 Å². The summed E-state index contributed by atoms with van der Waals surface area (Å²) >= 11 is 12.0. The van der Waals surface area contributed by atoms with Crippen molar-refractivity contribution < 1.29 is 13.5 Å². The Hall–Kier alpha value is -0.580. The van der Waals surface area contributed by atoms with Crippen LogP contribution in [0.5, 0.6) is 5.75 Å². The number of piperidine rings is 1. The molecule has 160 valence electrons. The highest BCUT2D eigenvalue weighted by atomic mass is 127. The molecule has 0 bridgehead atoms. The molecule has 1 aliphatic rings. The minimum Gasteiger partial charge on any atom is -0.433 e. The second kappa shape index (κ2) is 12.9. The highest BCUT2D eigenvalue weighted by Crippen LogP contribution is 2.33. The summed E-state index contributed by atoms with van der Waals surface area (Å²) in [6.45, 7) is 0.315. The van der Waals surface area contributed by atoms with Gasteiger partial charge in [-0.1, -0.05) is 23.2 Å². The fourth-order valence-electron chi connectivity index (χ4n) is 3.11. The molecule has 1 aromatic carbocycles. The standard InChI is InChI=1S/C18H26Cl2F2N4O.HI/c1-23-18(24-6-3-12-4-7-26(2)8-5-12)25-11-13-9-14(19)10-15(20)16(13)27-17(21)22;/h9-10,12,17H,3-8,11H2,1-2H3,(H2,23,24,25);1H. The summed E-state index contributed by atoms with van der Waals surface area (Å²) in [4.78, 5) is 6.51. The van der Waals surface area contributed by atoms with Gasteiger partial charge in [0.05, 0.1) is 5.02 Å². The first-order valence-corrected chi connectivity index (χ1v) is 9.70. The Labute approximate surface area is 192 Å². The van der Waals surface area contributed by atoms with Crippen LogP contribution in [0.1, 0.15) is 24.8 Å². The van der Waals surface area contributed by atoms with Gasteiger partial charge in [-0.05, 0) is 57.5 Å². The smallest absolute Gasteiger partial charge is 0.387 e. The van der Waals surface area contributed by atoms with Crippen LogP contribution in [0.2, 0.25) is 10.0 Å². The lowest BCUT2D eigenvalue weighted by molar-refractivity contribution is -0.0504. The van der Waals surface area contributed by atoms with Gasteiger partial charge < -0.3 is 20.3 Å². The molecule has 1 saturated heterocycles. The number of likely N-dealkylation sites (tertiary alicyclic amines) is 1. The van der Waals surface area contributed by atoms with Gasteiger partial charge in [-0.25, -0.2) is 0 Å². The third kappa shape index (κ3) is 8.42. The summed E-state index contributed by atoms with van der Waals surface area (Å²) in [5.74, 6) is 1.22. The molecule has 0 unspecified atom stereocenters. The average molecular weight is 551 g/mol. The van der Waals surface area contributed by atoms with Gasteiger partial charge in [-0.3, -0.25) is 4.99 Å². The molecule has 0 spiro atoms. The van der Waals surface area contributed by atoms with E-state index in [1.807, 2.05) is 0 Å². The van der Waals surface area contributed by atoms with Gasteiger partial charge in [0, 0.05) is 30.7 Å². The van der Waals surface area contributed by atoms with Crippen molar-refractivity contribution in [3.63, 3.8) is 0 Å². The molecule has 0 aromatic heterocycles. The number of hydrogen-bond donors (Lipinski definition) is 2. The summed E-state index contributed by atoms with van der Waals surface area (Å²) in [5, 5.41) is 6.74. The molecule has 0 radical (unpaired) electrons. The lowest BCUT2D eigenvalue weighted by Gasteiger charge is -2.29. The molecule has 10 heteroatoms. The topological polar surface area (TPSA) is 48.9 Å². The van der Waals surface area contributed by atoms with Gasteiger partial charge in [0.25, 0.3) is 0 Å². The zero-order valence-electron chi connectivity index (χ0n) is 16.0. The summed E-state index contributed by atoms with van der Waals surface area (Å²) in [6.07, 6.45) is 3.48. The van der Waals surface area contributed by atoms with Crippen LogP contribution >= 0.6 is 47.2 Å². The van der Waals surface area contributed by atoms with Gasteiger partial charge in [-0.2, -0.15) is 8.78 Å². The summed E-state index contributed by atoms with van der Waals surface area (Å²) in [6, 6.07) is 2.92. The Balaban J connectivity index is 0.00000392. The lowest BCUT2D eigenvalue weighted by atomic mass is 9.94. The van der Waals surface area contributed by atoms with Gasteiger partial charge in [-0.15, -0.1) is 24.0 Å². The minimum atomic E-state index is -2.96. The van der Waals surface area contributed by atoms with Gasteiger partial charge in [0.15, 0.2) is 5.96 Å². The molecule has 0 saturated carbocycles. The van der Waals surface area contributed by atoms with Crippen LogP contribution in [-0.2, 0) is 6.54 Å². The first-order valence-electron chi connectivity index (χ1n) is 8.94. The van der Waals surface area contributed by atoms with Crippen LogP contribution in [0, 0.1) is 5.92 Å². The van der Waals surface area contributed by atoms with Crippen molar-refractivity contribution in [2.24, 2.45) is 10.9 Å². The van der Waals surface area contributed by atoms with E-state index in [0.717, 1.165) is 26.1 Å². The highest BCUT2D eigenvalue weighted by molar-refractivity contribution is 14.0. The Morgan fingerprint density at radius 1 is 1.29 bits per heavy atom. The predicted molar refractivity (Wildman–Crippen MR) is 122 cm³/mol. The number of ether oxygens (including phenoxy) is 1. The Morgan fingerprint density at radius 2 is 1.96 bits per heavy atom. The number of nitrogens with one attached hydrogen (secondary N) is 2. The molecule has 1 aliphatic heterocycles. The summed E-state index contributed by atoms with van der Waals surface area (Å²) in [5.41, 5.74) is 0.436. The number of rotatable bonds is 7. The van der Waals surface area contributed by atoms with Crippen molar-refractivity contribution in [1.29, 1.82) is 0 Å². The van der Waals surface area contributed by atoms with E-state index in [4.69, 9.17) is 23.2 Å². The van der Waals surface area contributed by atoms with E-state index in [1.54, 1.807) is 13.1 Å². The van der Waals surface area contributed by atoms with Crippen LogP contribution in [-0.4, -0.2) is 51.2 Å². The molecular formula is C18H27Cl2F2IN4O. The van der Waals surface area contributed by atoms with Crippen LogP contribution < -0.4 is 15.4 Å². The number of guanidine groups is 1. The Bertz CT molecular complexity index is 644. The zero-order valence-corrected chi connectivity index (χ0v) is 19.8. The largest absolute Gasteiger partial charge is 0.433 e. The number of benzene rings is 1. The molecule has 0 atom stereocenters. The summed E-state index contributed by atoms with van der Waals surface area (Å²) < 4.78 is 29.8. The number of alkyl halides is 2. The maximum Gasteiger partial charge on any atom is 0.387 e. The molecule has 0 amide bonds. The van der Waals surface area contributed by atoms with Crippen molar-refractivity contribution in [3.8, 4) is 5.75 Å². The summed E-state index contributed by atoms with van der Waals surface area (Å²) in [7, 11) is 3.81.